The van der Waals surface area contributed by atoms with Crippen molar-refractivity contribution in [1.29, 1.82) is 0 Å². The van der Waals surface area contributed by atoms with Crippen molar-refractivity contribution in [3.05, 3.63) is 29.8 Å². The van der Waals surface area contributed by atoms with Gasteiger partial charge in [-0.15, -0.1) is 0 Å². The Labute approximate surface area is 99.9 Å². The maximum Gasteiger partial charge on any atom is 0.303 e. The van der Waals surface area contributed by atoms with Gasteiger partial charge in [-0.25, -0.2) is 0 Å². The Hall–Kier alpha value is -2.04. The molecule has 1 rings (SSSR count). The van der Waals surface area contributed by atoms with Gasteiger partial charge in [-0.1, -0.05) is 0 Å². The predicted molar refractivity (Wildman–Crippen MR) is 65.2 cm³/mol. The van der Waals surface area contributed by atoms with Gasteiger partial charge in [-0.2, -0.15) is 5.10 Å². The lowest BCUT2D eigenvalue weighted by atomic mass is 10.2. The largest absolute Gasteiger partial charge is 0.494 e. The summed E-state index contributed by atoms with van der Waals surface area (Å²) in [7, 11) is 0. The maximum absolute atomic E-state index is 10.3. The first kappa shape index (κ1) is 13.0. The van der Waals surface area contributed by atoms with E-state index in [0.717, 1.165) is 17.7 Å². The van der Waals surface area contributed by atoms with E-state index < -0.39 is 5.97 Å². The van der Waals surface area contributed by atoms with Crippen LogP contribution in [0.25, 0.3) is 0 Å². The number of aliphatic carboxylic acids is 1. The van der Waals surface area contributed by atoms with Crippen molar-refractivity contribution in [2.75, 3.05) is 6.61 Å². The highest BCUT2D eigenvalue weighted by Gasteiger charge is 1.97. The van der Waals surface area contributed by atoms with E-state index in [-0.39, 0.29) is 6.42 Å². The number of hydrazone groups is 1. The van der Waals surface area contributed by atoms with Crippen LogP contribution in [0.2, 0.25) is 0 Å². The van der Waals surface area contributed by atoms with Crippen LogP contribution >= 0.6 is 0 Å². The molecule has 5 nitrogen and oxygen atoms in total. The van der Waals surface area contributed by atoms with E-state index in [2.05, 4.69) is 5.10 Å². The number of rotatable bonds is 7. The molecule has 92 valence electrons. The van der Waals surface area contributed by atoms with Crippen LogP contribution in [0.4, 0.5) is 0 Å². The number of nitrogens with two attached hydrogens (primary N) is 1. The molecular weight excluding hydrogens is 220 g/mol. The highest BCUT2D eigenvalue weighted by Crippen LogP contribution is 2.11. The molecule has 0 aliphatic heterocycles. The lowest BCUT2D eigenvalue weighted by molar-refractivity contribution is -0.137. The molecule has 0 heterocycles. The number of hydrogen-bond donors (Lipinski definition) is 2. The van der Waals surface area contributed by atoms with E-state index in [1.165, 1.54) is 0 Å². The molecule has 0 unspecified atom stereocenters. The van der Waals surface area contributed by atoms with Gasteiger partial charge in [0.25, 0.3) is 0 Å². The average Bonchev–Trinajstić information content (AvgIpc) is 2.31. The smallest absolute Gasteiger partial charge is 0.303 e. The first-order valence-electron chi connectivity index (χ1n) is 5.40. The van der Waals surface area contributed by atoms with Crippen molar-refractivity contribution in [3.8, 4) is 5.75 Å². The second kappa shape index (κ2) is 7.27. The molecule has 0 amide bonds. The number of benzene rings is 1. The van der Waals surface area contributed by atoms with E-state index in [9.17, 15) is 4.79 Å². The highest BCUT2D eigenvalue weighted by atomic mass is 16.5. The Bertz CT molecular complexity index is 374. The summed E-state index contributed by atoms with van der Waals surface area (Å²) in [5.74, 6) is 5.02. The van der Waals surface area contributed by atoms with Crippen LogP contribution in [0.5, 0.6) is 5.75 Å². The fourth-order valence-corrected chi connectivity index (χ4v) is 1.30. The first-order valence-corrected chi connectivity index (χ1v) is 5.40. The van der Waals surface area contributed by atoms with Gasteiger partial charge in [0.15, 0.2) is 0 Å². The zero-order valence-electron chi connectivity index (χ0n) is 9.50. The van der Waals surface area contributed by atoms with Gasteiger partial charge in [0.2, 0.25) is 0 Å². The third kappa shape index (κ3) is 5.55. The number of carboxylic acid groups (broad SMARTS) is 1. The summed E-state index contributed by atoms with van der Waals surface area (Å²) in [6.45, 7) is 0.525. The van der Waals surface area contributed by atoms with Crippen LogP contribution < -0.4 is 10.6 Å². The van der Waals surface area contributed by atoms with Gasteiger partial charge in [0, 0.05) is 6.42 Å². The minimum Gasteiger partial charge on any atom is -0.494 e. The van der Waals surface area contributed by atoms with Crippen LogP contribution in [0.3, 0.4) is 0 Å². The summed E-state index contributed by atoms with van der Waals surface area (Å²) in [5.41, 5.74) is 0.908. The minimum absolute atomic E-state index is 0.190. The van der Waals surface area contributed by atoms with E-state index in [0.29, 0.717) is 13.0 Å². The fraction of sp³-hybridized carbons (Fsp3) is 0.333. The zero-order valence-corrected chi connectivity index (χ0v) is 9.50. The number of carboxylic acids is 1. The molecule has 5 heteroatoms. The number of hydrogen-bond acceptors (Lipinski definition) is 4. The topological polar surface area (TPSA) is 84.9 Å². The Morgan fingerprint density at radius 2 is 2.06 bits per heavy atom. The Kier molecular flexibility index (Phi) is 5.57. The van der Waals surface area contributed by atoms with Gasteiger partial charge < -0.3 is 15.7 Å². The van der Waals surface area contributed by atoms with Crippen molar-refractivity contribution in [2.45, 2.75) is 19.3 Å². The summed E-state index contributed by atoms with van der Waals surface area (Å²) >= 11 is 0. The van der Waals surface area contributed by atoms with Crippen molar-refractivity contribution >= 4 is 12.2 Å². The van der Waals surface area contributed by atoms with Crippen LogP contribution in [0.1, 0.15) is 24.8 Å². The number of unbranched alkanes of at least 4 members (excludes halogenated alkanes) is 1. The normalized spacial score (nSPS) is 10.6. The first-order chi connectivity index (χ1) is 8.22. The molecule has 3 N–H and O–H groups in total. The summed E-state index contributed by atoms with van der Waals surface area (Å²) in [6, 6.07) is 7.36. The quantitative estimate of drug-likeness (QED) is 0.326. The molecule has 0 atom stereocenters. The summed E-state index contributed by atoms with van der Waals surface area (Å²) in [6.07, 6.45) is 3.11. The molecule has 0 fully saturated rings. The predicted octanol–water partition coefficient (Wildman–Crippen LogP) is 1.61. The molecule has 0 saturated heterocycles. The zero-order chi connectivity index (χ0) is 12.5. The van der Waals surface area contributed by atoms with Gasteiger partial charge in [0.1, 0.15) is 5.75 Å². The third-order valence-electron chi connectivity index (χ3n) is 2.16. The Balaban J connectivity index is 2.25. The van der Waals surface area contributed by atoms with Gasteiger partial charge in [-0.05, 0) is 42.7 Å². The maximum atomic E-state index is 10.3. The van der Waals surface area contributed by atoms with E-state index in [1.807, 2.05) is 24.3 Å². The van der Waals surface area contributed by atoms with E-state index in [1.54, 1.807) is 6.21 Å². The van der Waals surface area contributed by atoms with Crippen molar-refractivity contribution < 1.29 is 14.6 Å². The SMILES string of the molecule is N/N=C/c1ccc(OCCCCC(=O)O)cc1. The number of ether oxygens (including phenoxy) is 1. The van der Waals surface area contributed by atoms with Gasteiger partial charge in [0.05, 0.1) is 12.8 Å². The average molecular weight is 236 g/mol. The summed E-state index contributed by atoms with van der Waals surface area (Å²) < 4.78 is 5.45. The molecule has 0 spiro atoms. The van der Waals surface area contributed by atoms with Crippen LogP contribution in [0.15, 0.2) is 29.4 Å². The van der Waals surface area contributed by atoms with Gasteiger partial charge >= 0.3 is 5.97 Å². The van der Waals surface area contributed by atoms with Crippen molar-refractivity contribution in [1.82, 2.24) is 0 Å². The van der Waals surface area contributed by atoms with Crippen LogP contribution in [0, 0.1) is 0 Å². The number of nitrogens with zero attached hydrogens (tertiary/aromatic N) is 1. The fourth-order valence-electron chi connectivity index (χ4n) is 1.30. The molecule has 17 heavy (non-hydrogen) atoms. The van der Waals surface area contributed by atoms with Gasteiger partial charge in [-0.3, -0.25) is 4.79 Å². The van der Waals surface area contributed by atoms with Crippen molar-refractivity contribution in [3.63, 3.8) is 0 Å². The lowest BCUT2D eigenvalue weighted by Crippen LogP contribution is -2.00. The Morgan fingerprint density at radius 3 is 2.65 bits per heavy atom. The van der Waals surface area contributed by atoms with E-state index in [4.69, 9.17) is 15.7 Å². The summed E-state index contributed by atoms with van der Waals surface area (Å²) in [5, 5.41) is 11.9. The molecule has 1 aromatic rings. The molecule has 0 saturated carbocycles. The summed E-state index contributed by atoms with van der Waals surface area (Å²) in [4.78, 5) is 10.3. The molecule has 1 aromatic carbocycles. The van der Waals surface area contributed by atoms with E-state index >= 15 is 0 Å². The second-order valence-electron chi connectivity index (χ2n) is 3.55. The number of carbonyl (C=O) groups is 1. The highest BCUT2D eigenvalue weighted by molar-refractivity contribution is 5.79. The lowest BCUT2D eigenvalue weighted by Gasteiger charge is -2.05. The molecule has 0 radical (unpaired) electrons. The minimum atomic E-state index is -0.768. The van der Waals surface area contributed by atoms with Crippen molar-refractivity contribution in [2.24, 2.45) is 10.9 Å². The molecule has 0 aliphatic carbocycles. The molecule has 0 bridgehead atoms. The van der Waals surface area contributed by atoms with Crippen LogP contribution in [-0.4, -0.2) is 23.9 Å². The molecule has 0 aromatic heterocycles. The second-order valence-corrected chi connectivity index (χ2v) is 3.55. The molecule has 0 aliphatic rings. The monoisotopic (exact) mass is 236 g/mol. The van der Waals surface area contributed by atoms with Crippen LogP contribution in [-0.2, 0) is 4.79 Å². The standard InChI is InChI=1S/C12H16N2O3/c13-14-9-10-4-6-11(7-5-10)17-8-2-1-3-12(15)16/h4-7,9H,1-3,8,13H2,(H,15,16)/b14-9+. The third-order valence-corrected chi connectivity index (χ3v) is 2.16. The Morgan fingerprint density at radius 1 is 1.35 bits per heavy atom. The molecular formula is C12H16N2O3.